The highest BCUT2D eigenvalue weighted by Gasteiger charge is 2.23. The summed E-state index contributed by atoms with van der Waals surface area (Å²) in [5.41, 5.74) is 1.75. The van der Waals surface area contributed by atoms with E-state index in [0.29, 0.717) is 31.7 Å². The lowest BCUT2D eigenvalue weighted by Gasteiger charge is -2.05. The molecular formula is C18H9ClN2O4S2. The van der Waals surface area contributed by atoms with E-state index in [1.807, 2.05) is 0 Å². The summed E-state index contributed by atoms with van der Waals surface area (Å²) in [6.45, 7) is 0. The Morgan fingerprint density at radius 3 is 2.85 bits per heavy atom. The van der Waals surface area contributed by atoms with Crippen LogP contribution in [0, 0.1) is 0 Å². The van der Waals surface area contributed by atoms with Crippen molar-refractivity contribution in [1.82, 2.24) is 10.3 Å². The zero-order chi connectivity index (χ0) is 19.1. The van der Waals surface area contributed by atoms with Gasteiger partial charge in [0.25, 0.3) is 5.91 Å². The maximum Gasteiger partial charge on any atom is 0.337 e. The van der Waals surface area contributed by atoms with Gasteiger partial charge in [-0.3, -0.25) is 9.78 Å². The molecule has 1 aliphatic heterocycles. The molecule has 3 heterocycles. The lowest BCUT2D eigenvalue weighted by Crippen LogP contribution is -2.17. The van der Waals surface area contributed by atoms with Gasteiger partial charge in [0, 0.05) is 29.4 Å². The van der Waals surface area contributed by atoms with Gasteiger partial charge in [0.05, 0.1) is 15.5 Å². The monoisotopic (exact) mass is 416 g/mol. The van der Waals surface area contributed by atoms with Crippen LogP contribution in [0.25, 0.3) is 28.2 Å². The van der Waals surface area contributed by atoms with Crippen LogP contribution in [0.1, 0.15) is 16.1 Å². The number of rotatable bonds is 3. The van der Waals surface area contributed by atoms with Crippen LogP contribution in [0.2, 0.25) is 5.02 Å². The second-order valence-corrected chi connectivity index (χ2v) is 7.73. The first-order valence-corrected chi connectivity index (χ1v) is 9.18. The van der Waals surface area contributed by atoms with Gasteiger partial charge in [-0.05, 0) is 23.8 Å². The number of pyridine rings is 1. The minimum Gasteiger partial charge on any atom is -0.478 e. The molecule has 0 spiro atoms. The number of carboxylic acid groups (broad SMARTS) is 1. The van der Waals surface area contributed by atoms with E-state index < -0.39 is 5.97 Å². The summed E-state index contributed by atoms with van der Waals surface area (Å²) in [5, 5.41) is 12.7. The Labute approximate surface area is 167 Å². The van der Waals surface area contributed by atoms with Gasteiger partial charge in [0.2, 0.25) is 0 Å². The van der Waals surface area contributed by atoms with Gasteiger partial charge < -0.3 is 14.8 Å². The predicted octanol–water partition coefficient (Wildman–Crippen LogP) is 4.34. The van der Waals surface area contributed by atoms with Gasteiger partial charge in [-0.15, -0.1) is 0 Å². The number of carbonyl (C=O) groups is 2. The molecule has 1 fully saturated rings. The highest BCUT2D eigenvalue weighted by molar-refractivity contribution is 8.26. The molecule has 9 heteroatoms. The quantitative estimate of drug-likeness (QED) is 0.484. The van der Waals surface area contributed by atoms with Gasteiger partial charge in [0.15, 0.2) is 0 Å². The Morgan fingerprint density at radius 1 is 1.33 bits per heavy atom. The molecule has 3 aromatic rings. The van der Waals surface area contributed by atoms with E-state index in [1.165, 1.54) is 12.1 Å². The maximum atomic E-state index is 11.8. The van der Waals surface area contributed by atoms with Crippen LogP contribution >= 0.6 is 35.6 Å². The minimum absolute atomic E-state index is 0.00685. The van der Waals surface area contributed by atoms with Crippen molar-refractivity contribution in [3.8, 4) is 11.1 Å². The lowest BCUT2D eigenvalue weighted by atomic mass is 10.0. The zero-order valence-corrected chi connectivity index (χ0v) is 15.7. The second kappa shape index (κ2) is 6.80. The summed E-state index contributed by atoms with van der Waals surface area (Å²) in [4.78, 5) is 27.8. The third-order valence-corrected chi connectivity index (χ3v) is 5.36. The number of hydrogen-bond donors (Lipinski definition) is 2. The molecule has 1 saturated heterocycles. The van der Waals surface area contributed by atoms with Crippen molar-refractivity contribution in [3.05, 3.63) is 57.9 Å². The molecule has 1 aliphatic rings. The first-order chi connectivity index (χ1) is 12.9. The molecule has 134 valence electrons. The largest absolute Gasteiger partial charge is 0.478 e. The van der Waals surface area contributed by atoms with Crippen LogP contribution < -0.4 is 5.32 Å². The number of benzene rings is 1. The van der Waals surface area contributed by atoms with E-state index in [2.05, 4.69) is 10.3 Å². The number of carboxylic acids is 1. The van der Waals surface area contributed by atoms with Crippen molar-refractivity contribution >= 4 is 68.8 Å². The summed E-state index contributed by atoms with van der Waals surface area (Å²) in [6.07, 6.45) is 4.82. The molecule has 2 aromatic heterocycles. The number of hydrogen-bond acceptors (Lipinski definition) is 6. The number of aromatic carboxylic acids is 1. The van der Waals surface area contributed by atoms with Gasteiger partial charge in [-0.25, -0.2) is 4.79 Å². The highest BCUT2D eigenvalue weighted by Crippen LogP contribution is 2.34. The van der Waals surface area contributed by atoms with E-state index in [-0.39, 0.29) is 16.5 Å². The van der Waals surface area contributed by atoms with E-state index in [9.17, 15) is 14.7 Å². The number of furan rings is 1. The van der Waals surface area contributed by atoms with Crippen LogP contribution in [0.15, 0.2) is 46.0 Å². The molecule has 0 saturated carbocycles. The molecule has 0 radical (unpaired) electrons. The Kier molecular flexibility index (Phi) is 4.47. The van der Waals surface area contributed by atoms with Gasteiger partial charge >= 0.3 is 5.97 Å². The van der Waals surface area contributed by atoms with Gasteiger partial charge in [0.1, 0.15) is 15.7 Å². The lowest BCUT2D eigenvalue weighted by molar-refractivity contribution is -0.115. The predicted molar refractivity (Wildman–Crippen MR) is 108 cm³/mol. The molecule has 4 rings (SSSR count). The third kappa shape index (κ3) is 3.34. The number of fused-ring (bicyclic) bond motifs is 1. The number of thiocarbonyl (C=S) groups is 1. The minimum atomic E-state index is -1.12. The summed E-state index contributed by atoms with van der Waals surface area (Å²) in [6, 6.07) is 6.44. The Hall–Kier alpha value is -2.68. The van der Waals surface area contributed by atoms with Crippen LogP contribution in [-0.2, 0) is 4.79 Å². The fraction of sp³-hybridized carbons (Fsp3) is 0. The standard InChI is InChI=1S/C18H9ClN2O4S2/c19-13-2-1-8(4-11(13)17(23)24)12-7-20-6-9-3-10(25-15(9)12)5-14-16(22)21-18(26)27-14/h1-7H,(H,23,24)(H,21,22,26). The number of amides is 1. The summed E-state index contributed by atoms with van der Waals surface area (Å²) in [5.74, 6) is -0.922. The molecule has 0 unspecified atom stereocenters. The third-order valence-electron chi connectivity index (χ3n) is 3.86. The average Bonchev–Trinajstić information content (AvgIpc) is 3.17. The van der Waals surface area contributed by atoms with Crippen molar-refractivity contribution in [1.29, 1.82) is 0 Å². The number of nitrogens with one attached hydrogen (secondary N) is 1. The normalized spacial score (nSPS) is 15.5. The number of carbonyl (C=O) groups excluding carboxylic acids is 1. The molecule has 27 heavy (non-hydrogen) atoms. The van der Waals surface area contributed by atoms with Crippen LogP contribution in [0.3, 0.4) is 0 Å². The molecule has 0 bridgehead atoms. The molecule has 1 amide bonds. The first-order valence-electron chi connectivity index (χ1n) is 7.58. The van der Waals surface area contributed by atoms with Crippen LogP contribution in [-0.4, -0.2) is 26.3 Å². The van der Waals surface area contributed by atoms with Crippen molar-refractivity contribution in [3.63, 3.8) is 0 Å². The first kappa shape index (κ1) is 17.7. The average molecular weight is 417 g/mol. The Balaban J connectivity index is 1.82. The van der Waals surface area contributed by atoms with Crippen LogP contribution in [0.4, 0.5) is 0 Å². The number of thioether (sulfide) groups is 1. The fourth-order valence-electron chi connectivity index (χ4n) is 2.67. The summed E-state index contributed by atoms with van der Waals surface area (Å²) < 4.78 is 6.29. The molecule has 0 atom stereocenters. The van der Waals surface area contributed by atoms with E-state index in [0.717, 1.165) is 17.1 Å². The summed E-state index contributed by atoms with van der Waals surface area (Å²) in [7, 11) is 0. The molecule has 6 nitrogen and oxygen atoms in total. The number of nitrogens with zero attached hydrogens (tertiary/aromatic N) is 1. The highest BCUT2D eigenvalue weighted by atomic mass is 35.5. The van der Waals surface area contributed by atoms with Crippen LogP contribution in [0.5, 0.6) is 0 Å². The smallest absolute Gasteiger partial charge is 0.337 e. The van der Waals surface area contributed by atoms with Gasteiger partial charge in [-0.1, -0.05) is 41.6 Å². The fourth-order valence-corrected chi connectivity index (χ4v) is 3.89. The van der Waals surface area contributed by atoms with Gasteiger partial charge in [-0.2, -0.15) is 0 Å². The van der Waals surface area contributed by atoms with Crippen molar-refractivity contribution in [2.45, 2.75) is 0 Å². The maximum absolute atomic E-state index is 11.8. The SMILES string of the molecule is O=C1NC(=S)SC1=Cc1cc2cncc(-c3ccc(Cl)c(C(=O)O)c3)c2o1. The Bertz CT molecular complexity index is 1170. The number of aromatic nitrogens is 1. The summed E-state index contributed by atoms with van der Waals surface area (Å²) >= 11 is 12.1. The molecular weight excluding hydrogens is 408 g/mol. The van der Waals surface area contributed by atoms with Crippen molar-refractivity contribution in [2.24, 2.45) is 0 Å². The van der Waals surface area contributed by atoms with E-state index in [4.69, 9.17) is 28.2 Å². The van der Waals surface area contributed by atoms with E-state index >= 15 is 0 Å². The molecule has 0 aliphatic carbocycles. The second-order valence-electron chi connectivity index (χ2n) is 5.61. The number of halogens is 1. The van der Waals surface area contributed by atoms with Crippen molar-refractivity contribution in [2.75, 3.05) is 0 Å². The topological polar surface area (TPSA) is 92.4 Å². The Morgan fingerprint density at radius 2 is 2.15 bits per heavy atom. The van der Waals surface area contributed by atoms with Crippen molar-refractivity contribution < 1.29 is 19.1 Å². The molecule has 1 aromatic carbocycles. The van der Waals surface area contributed by atoms with E-state index in [1.54, 1.807) is 30.6 Å². The molecule has 2 N–H and O–H groups in total. The zero-order valence-electron chi connectivity index (χ0n) is 13.4.